The maximum atomic E-state index is 12.8. The summed E-state index contributed by atoms with van der Waals surface area (Å²) in [6.07, 6.45) is -0.418. The zero-order chi connectivity index (χ0) is 11.8. The third-order valence-electron chi connectivity index (χ3n) is 4.04. The van der Waals surface area contributed by atoms with Crippen molar-refractivity contribution in [1.29, 1.82) is 0 Å². The summed E-state index contributed by atoms with van der Waals surface area (Å²) in [4.78, 5) is 1.68. The minimum absolute atomic E-state index is 0.229. The number of rotatable bonds is 1. The van der Waals surface area contributed by atoms with Gasteiger partial charge in [-0.1, -0.05) is 0 Å². The first kappa shape index (κ1) is 12.2. The Balaban J connectivity index is 2.13. The van der Waals surface area contributed by atoms with E-state index in [1.807, 2.05) is 0 Å². The average molecular weight is 236 g/mol. The standard InChI is InChI=1S/C11H19F3N2/c1-9(11(12,13)14)16-7-3-5-10(16)4-2-6-15-8-10/h9,15H,2-8H2,1H3. The molecule has 0 aromatic rings. The number of alkyl halides is 3. The number of piperidine rings is 1. The maximum Gasteiger partial charge on any atom is 0.403 e. The molecule has 94 valence electrons. The highest BCUT2D eigenvalue weighted by Crippen LogP contribution is 2.40. The zero-order valence-electron chi connectivity index (χ0n) is 9.61. The molecule has 16 heavy (non-hydrogen) atoms. The first-order valence-corrected chi connectivity index (χ1v) is 6.00. The lowest BCUT2D eigenvalue weighted by atomic mass is 9.86. The maximum absolute atomic E-state index is 12.8. The number of nitrogens with one attached hydrogen (secondary N) is 1. The predicted octanol–water partition coefficient (Wildman–Crippen LogP) is 2.16. The second kappa shape index (κ2) is 4.18. The van der Waals surface area contributed by atoms with Crippen molar-refractivity contribution in [3.63, 3.8) is 0 Å². The van der Waals surface area contributed by atoms with Crippen LogP contribution in [0.2, 0.25) is 0 Å². The van der Waals surface area contributed by atoms with Gasteiger partial charge in [0.2, 0.25) is 0 Å². The molecule has 2 fully saturated rings. The normalized spacial score (nSPS) is 34.5. The number of halogens is 3. The smallest absolute Gasteiger partial charge is 0.315 e. The second-order valence-corrected chi connectivity index (χ2v) is 5.02. The Labute approximate surface area is 94.2 Å². The monoisotopic (exact) mass is 236 g/mol. The largest absolute Gasteiger partial charge is 0.403 e. The quantitative estimate of drug-likeness (QED) is 0.750. The van der Waals surface area contributed by atoms with Gasteiger partial charge in [-0.25, -0.2) is 0 Å². The molecule has 0 aromatic heterocycles. The Morgan fingerprint density at radius 3 is 2.50 bits per heavy atom. The van der Waals surface area contributed by atoms with Crippen molar-refractivity contribution in [2.75, 3.05) is 19.6 Å². The van der Waals surface area contributed by atoms with Crippen LogP contribution in [0, 0.1) is 0 Å². The lowest BCUT2D eigenvalue weighted by Gasteiger charge is -2.45. The molecule has 0 radical (unpaired) electrons. The van der Waals surface area contributed by atoms with Crippen LogP contribution in [-0.4, -0.2) is 42.3 Å². The van der Waals surface area contributed by atoms with E-state index in [-0.39, 0.29) is 5.54 Å². The van der Waals surface area contributed by atoms with Crippen LogP contribution in [0.25, 0.3) is 0 Å². The lowest BCUT2D eigenvalue weighted by Crippen LogP contribution is -2.59. The molecule has 0 aromatic carbocycles. The predicted molar refractivity (Wildman–Crippen MR) is 56.3 cm³/mol. The number of hydrogen-bond donors (Lipinski definition) is 1. The van der Waals surface area contributed by atoms with E-state index in [1.165, 1.54) is 6.92 Å². The fourth-order valence-corrected chi connectivity index (χ4v) is 3.15. The van der Waals surface area contributed by atoms with Crippen LogP contribution in [0.15, 0.2) is 0 Å². The summed E-state index contributed by atoms with van der Waals surface area (Å²) in [5.41, 5.74) is -0.229. The van der Waals surface area contributed by atoms with Crippen molar-refractivity contribution in [3.8, 4) is 0 Å². The van der Waals surface area contributed by atoms with Crippen molar-refractivity contribution in [1.82, 2.24) is 10.2 Å². The first-order valence-electron chi connectivity index (χ1n) is 6.00. The molecular formula is C11H19F3N2. The molecular weight excluding hydrogens is 217 g/mol. The SMILES string of the molecule is CC(N1CCCC12CCCNC2)C(F)(F)F. The molecule has 1 spiro atoms. The highest BCUT2D eigenvalue weighted by atomic mass is 19.4. The van der Waals surface area contributed by atoms with Crippen LogP contribution >= 0.6 is 0 Å². The van der Waals surface area contributed by atoms with Crippen molar-refractivity contribution in [2.24, 2.45) is 0 Å². The van der Waals surface area contributed by atoms with Crippen molar-refractivity contribution in [2.45, 2.75) is 50.4 Å². The minimum atomic E-state index is -4.10. The first-order chi connectivity index (χ1) is 7.46. The molecule has 2 aliphatic rings. The molecule has 0 amide bonds. The van der Waals surface area contributed by atoms with Gasteiger partial charge in [0.05, 0.1) is 0 Å². The summed E-state index contributed by atoms with van der Waals surface area (Å²) in [6, 6.07) is -1.31. The van der Waals surface area contributed by atoms with Crippen LogP contribution in [0.1, 0.15) is 32.6 Å². The molecule has 0 aliphatic carbocycles. The molecule has 2 aliphatic heterocycles. The Morgan fingerprint density at radius 1 is 1.25 bits per heavy atom. The van der Waals surface area contributed by atoms with Crippen LogP contribution in [0.5, 0.6) is 0 Å². The summed E-state index contributed by atoms with van der Waals surface area (Å²) >= 11 is 0. The summed E-state index contributed by atoms with van der Waals surface area (Å²) in [5, 5.41) is 3.24. The van der Waals surface area contributed by atoms with Crippen molar-refractivity contribution in [3.05, 3.63) is 0 Å². The Morgan fingerprint density at radius 2 is 1.94 bits per heavy atom. The van der Waals surface area contributed by atoms with Gasteiger partial charge >= 0.3 is 6.18 Å². The summed E-state index contributed by atoms with van der Waals surface area (Å²) in [6.45, 7) is 3.54. The molecule has 2 saturated heterocycles. The van der Waals surface area contributed by atoms with Gasteiger partial charge in [0.25, 0.3) is 0 Å². The van der Waals surface area contributed by atoms with Gasteiger partial charge < -0.3 is 5.32 Å². The highest BCUT2D eigenvalue weighted by Gasteiger charge is 2.50. The third-order valence-corrected chi connectivity index (χ3v) is 4.04. The van der Waals surface area contributed by atoms with Crippen LogP contribution < -0.4 is 5.32 Å². The van der Waals surface area contributed by atoms with E-state index in [1.54, 1.807) is 4.90 Å². The molecule has 1 N–H and O–H groups in total. The van der Waals surface area contributed by atoms with E-state index in [4.69, 9.17) is 0 Å². The van der Waals surface area contributed by atoms with E-state index in [0.717, 1.165) is 32.2 Å². The van der Waals surface area contributed by atoms with Crippen LogP contribution in [0.4, 0.5) is 13.2 Å². The Kier molecular flexibility index (Phi) is 3.18. The van der Waals surface area contributed by atoms with Crippen LogP contribution in [0.3, 0.4) is 0 Å². The topological polar surface area (TPSA) is 15.3 Å². The number of likely N-dealkylation sites (tertiary alicyclic amines) is 1. The zero-order valence-corrected chi connectivity index (χ0v) is 9.61. The number of hydrogen-bond acceptors (Lipinski definition) is 2. The van der Waals surface area contributed by atoms with Crippen LogP contribution in [-0.2, 0) is 0 Å². The molecule has 2 nitrogen and oxygen atoms in total. The molecule has 0 saturated carbocycles. The Hall–Kier alpha value is -0.290. The summed E-state index contributed by atoms with van der Waals surface area (Å²) < 4.78 is 38.3. The lowest BCUT2D eigenvalue weighted by molar-refractivity contribution is -0.190. The van der Waals surface area contributed by atoms with Gasteiger partial charge in [0.15, 0.2) is 0 Å². The van der Waals surface area contributed by atoms with Gasteiger partial charge in [-0.05, 0) is 45.7 Å². The van der Waals surface area contributed by atoms with E-state index >= 15 is 0 Å². The fourth-order valence-electron chi connectivity index (χ4n) is 3.15. The molecule has 0 bridgehead atoms. The molecule has 2 atom stereocenters. The summed E-state index contributed by atoms with van der Waals surface area (Å²) in [7, 11) is 0. The van der Waals surface area contributed by atoms with Crippen molar-refractivity contribution < 1.29 is 13.2 Å². The van der Waals surface area contributed by atoms with E-state index < -0.39 is 12.2 Å². The van der Waals surface area contributed by atoms with Crippen molar-refractivity contribution >= 4 is 0 Å². The van der Waals surface area contributed by atoms with E-state index in [2.05, 4.69) is 5.32 Å². The highest BCUT2D eigenvalue weighted by molar-refractivity contribution is 5.02. The Bertz CT molecular complexity index is 246. The van der Waals surface area contributed by atoms with Gasteiger partial charge in [-0.3, -0.25) is 4.90 Å². The fraction of sp³-hybridized carbons (Fsp3) is 1.00. The number of nitrogens with zero attached hydrogens (tertiary/aromatic N) is 1. The summed E-state index contributed by atoms with van der Waals surface area (Å²) in [5.74, 6) is 0. The average Bonchev–Trinajstić information content (AvgIpc) is 2.60. The second-order valence-electron chi connectivity index (χ2n) is 5.02. The molecule has 2 heterocycles. The molecule has 2 unspecified atom stereocenters. The van der Waals surface area contributed by atoms with Gasteiger partial charge in [-0.15, -0.1) is 0 Å². The van der Waals surface area contributed by atoms with E-state index in [9.17, 15) is 13.2 Å². The van der Waals surface area contributed by atoms with Gasteiger partial charge in [0.1, 0.15) is 6.04 Å². The minimum Gasteiger partial charge on any atom is -0.315 e. The third kappa shape index (κ3) is 2.07. The van der Waals surface area contributed by atoms with E-state index in [0.29, 0.717) is 13.1 Å². The van der Waals surface area contributed by atoms with Gasteiger partial charge in [-0.2, -0.15) is 13.2 Å². The molecule has 5 heteroatoms. The molecule has 2 rings (SSSR count). The van der Waals surface area contributed by atoms with Gasteiger partial charge in [0, 0.05) is 12.1 Å².